The number of carbonyl (C=O) groups is 1. The Bertz CT molecular complexity index is 429. The normalized spacial score (nSPS) is 9.56. The van der Waals surface area contributed by atoms with E-state index in [2.05, 4.69) is 6.58 Å². The van der Waals surface area contributed by atoms with E-state index < -0.39 is 4.92 Å². The van der Waals surface area contributed by atoms with E-state index in [1.165, 1.54) is 23.1 Å². The van der Waals surface area contributed by atoms with Crippen LogP contribution in [0.4, 0.5) is 5.69 Å². The minimum Gasteiger partial charge on any atom is -0.338 e. The van der Waals surface area contributed by atoms with Crippen LogP contribution in [0, 0.1) is 10.1 Å². The monoisotopic (exact) mass is 220 g/mol. The summed E-state index contributed by atoms with van der Waals surface area (Å²) in [4.78, 5) is 22.7. The minimum atomic E-state index is -0.460. The molecule has 5 heteroatoms. The van der Waals surface area contributed by atoms with Crippen molar-refractivity contribution in [2.24, 2.45) is 0 Å². The maximum absolute atomic E-state index is 11.2. The molecule has 0 aromatic heterocycles. The van der Waals surface area contributed by atoms with Gasteiger partial charge < -0.3 is 4.90 Å². The molecule has 84 valence electrons. The highest BCUT2D eigenvalue weighted by molar-refractivity contribution is 5.86. The number of hydrogen-bond donors (Lipinski definition) is 0. The number of rotatable bonds is 4. The molecule has 0 spiro atoms. The Labute approximate surface area is 93.1 Å². The predicted octanol–water partition coefficient (Wildman–Crippen LogP) is 1.74. The van der Waals surface area contributed by atoms with Gasteiger partial charge in [-0.05, 0) is 11.6 Å². The summed E-state index contributed by atoms with van der Waals surface area (Å²) in [5.74, 6) is -0.216. The first-order chi connectivity index (χ1) is 7.54. The van der Waals surface area contributed by atoms with Crippen LogP contribution in [0.25, 0.3) is 0 Å². The fourth-order valence-electron chi connectivity index (χ4n) is 1.28. The van der Waals surface area contributed by atoms with Gasteiger partial charge in [-0.25, -0.2) is 0 Å². The molecular weight excluding hydrogens is 208 g/mol. The lowest BCUT2D eigenvalue weighted by atomic mass is 10.2. The van der Waals surface area contributed by atoms with Gasteiger partial charge >= 0.3 is 0 Å². The highest BCUT2D eigenvalue weighted by atomic mass is 16.6. The number of non-ortho nitro benzene ring substituents is 1. The number of amides is 1. The largest absolute Gasteiger partial charge is 0.338 e. The number of likely N-dealkylation sites (N-methyl/N-ethyl adjacent to an activating group) is 1. The quantitative estimate of drug-likeness (QED) is 0.441. The lowest BCUT2D eigenvalue weighted by molar-refractivity contribution is -0.384. The number of benzene rings is 1. The topological polar surface area (TPSA) is 63.5 Å². The van der Waals surface area contributed by atoms with E-state index in [0.717, 1.165) is 0 Å². The number of nitro groups is 1. The van der Waals surface area contributed by atoms with Gasteiger partial charge in [-0.1, -0.05) is 18.7 Å². The van der Waals surface area contributed by atoms with Gasteiger partial charge in [0.1, 0.15) is 0 Å². The second kappa shape index (κ2) is 5.06. The minimum absolute atomic E-state index is 0.0250. The Morgan fingerprint density at radius 3 is 2.88 bits per heavy atom. The van der Waals surface area contributed by atoms with Crippen molar-refractivity contribution in [3.05, 3.63) is 52.6 Å². The predicted molar refractivity (Wildman–Crippen MR) is 59.8 cm³/mol. The Morgan fingerprint density at radius 1 is 1.62 bits per heavy atom. The number of carbonyl (C=O) groups excluding carboxylic acids is 1. The molecule has 1 aromatic rings. The fourth-order valence-corrected chi connectivity index (χ4v) is 1.28. The zero-order valence-electron chi connectivity index (χ0n) is 8.92. The molecule has 1 aromatic carbocycles. The summed E-state index contributed by atoms with van der Waals surface area (Å²) in [6.07, 6.45) is 1.21. The summed E-state index contributed by atoms with van der Waals surface area (Å²) in [7, 11) is 1.61. The number of nitrogens with zero attached hydrogens (tertiary/aromatic N) is 2. The van der Waals surface area contributed by atoms with E-state index in [-0.39, 0.29) is 11.6 Å². The Balaban J connectivity index is 2.81. The molecule has 0 heterocycles. The van der Waals surface area contributed by atoms with Gasteiger partial charge in [0.05, 0.1) is 4.92 Å². The molecule has 0 aliphatic heterocycles. The van der Waals surface area contributed by atoms with E-state index in [0.29, 0.717) is 12.1 Å². The third kappa shape index (κ3) is 2.91. The molecule has 0 N–H and O–H groups in total. The van der Waals surface area contributed by atoms with E-state index in [9.17, 15) is 14.9 Å². The summed E-state index contributed by atoms with van der Waals surface area (Å²) < 4.78 is 0. The molecule has 0 radical (unpaired) electrons. The van der Waals surface area contributed by atoms with Crippen LogP contribution in [0.15, 0.2) is 36.9 Å². The van der Waals surface area contributed by atoms with Gasteiger partial charge in [0.2, 0.25) is 5.91 Å². The lowest BCUT2D eigenvalue weighted by Crippen LogP contribution is -2.23. The zero-order chi connectivity index (χ0) is 12.1. The third-order valence-electron chi connectivity index (χ3n) is 2.09. The first-order valence-electron chi connectivity index (χ1n) is 4.65. The van der Waals surface area contributed by atoms with Crippen molar-refractivity contribution < 1.29 is 9.72 Å². The SMILES string of the molecule is C=CC(=O)N(C)Cc1cccc([N+](=O)[O-])c1. The van der Waals surface area contributed by atoms with Crippen molar-refractivity contribution in [1.29, 1.82) is 0 Å². The van der Waals surface area contributed by atoms with Crippen LogP contribution in [-0.2, 0) is 11.3 Å². The van der Waals surface area contributed by atoms with Crippen LogP contribution in [-0.4, -0.2) is 22.8 Å². The molecule has 0 unspecified atom stereocenters. The average Bonchev–Trinajstić information content (AvgIpc) is 2.28. The van der Waals surface area contributed by atoms with Crippen molar-refractivity contribution in [2.75, 3.05) is 7.05 Å². The molecule has 16 heavy (non-hydrogen) atoms. The van der Waals surface area contributed by atoms with Crippen LogP contribution in [0.2, 0.25) is 0 Å². The van der Waals surface area contributed by atoms with Gasteiger partial charge in [-0.15, -0.1) is 0 Å². The van der Waals surface area contributed by atoms with Crippen molar-refractivity contribution in [3.63, 3.8) is 0 Å². The molecule has 0 aliphatic carbocycles. The van der Waals surface area contributed by atoms with Crippen LogP contribution >= 0.6 is 0 Å². The van der Waals surface area contributed by atoms with Crippen LogP contribution in [0.5, 0.6) is 0 Å². The van der Waals surface area contributed by atoms with Crippen LogP contribution < -0.4 is 0 Å². The summed E-state index contributed by atoms with van der Waals surface area (Å²) in [5.41, 5.74) is 0.740. The zero-order valence-corrected chi connectivity index (χ0v) is 8.92. The molecule has 0 saturated heterocycles. The fraction of sp³-hybridized carbons (Fsp3) is 0.182. The molecule has 0 fully saturated rings. The van der Waals surface area contributed by atoms with Crippen molar-refractivity contribution >= 4 is 11.6 Å². The maximum Gasteiger partial charge on any atom is 0.269 e. The molecule has 0 atom stereocenters. The highest BCUT2D eigenvalue weighted by Gasteiger charge is 2.09. The highest BCUT2D eigenvalue weighted by Crippen LogP contribution is 2.14. The summed E-state index contributed by atoms with van der Waals surface area (Å²) in [5, 5.41) is 10.5. The van der Waals surface area contributed by atoms with Crippen molar-refractivity contribution in [1.82, 2.24) is 4.90 Å². The standard InChI is InChI=1S/C11H12N2O3/c1-3-11(14)12(2)8-9-5-4-6-10(7-9)13(15)16/h3-7H,1,8H2,2H3. The second-order valence-electron chi connectivity index (χ2n) is 3.33. The van der Waals surface area contributed by atoms with Crippen molar-refractivity contribution in [2.45, 2.75) is 6.54 Å². The molecule has 1 rings (SSSR count). The average molecular weight is 220 g/mol. The van der Waals surface area contributed by atoms with Gasteiger partial charge in [0.25, 0.3) is 5.69 Å². The van der Waals surface area contributed by atoms with E-state index in [1.54, 1.807) is 19.2 Å². The van der Waals surface area contributed by atoms with Gasteiger partial charge in [-0.2, -0.15) is 0 Å². The summed E-state index contributed by atoms with van der Waals surface area (Å²) in [6.45, 7) is 3.70. The van der Waals surface area contributed by atoms with Gasteiger partial charge in [0, 0.05) is 25.7 Å². The maximum atomic E-state index is 11.2. The Kier molecular flexibility index (Phi) is 3.77. The molecular formula is C11H12N2O3. The Hall–Kier alpha value is -2.17. The first-order valence-corrected chi connectivity index (χ1v) is 4.65. The smallest absolute Gasteiger partial charge is 0.269 e. The number of hydrogen-bond acceptors (Lipinski definition) is 3. The van der Waals surface area contributed by atoms with Gasteiger partial charge in [-0.3, -0.25) is 14.9 Å². The molecule has 5 nitrogen and oxygen atoms in total. The summed E-state index contributed by atoms with van der Waals surface area (Å²) >= 11 is 0. The number of nitro benzene ring substituents is 1. The molecule has 0 bridgehead atoms. The van der Waals surface area contributed by atoms with E-state index in [1.807, 2.05) is 0 Å². The molecule has 0 saturated carbocycles. The third-order valence-corrected chi connectivity index (χ3v) is 2.09. The van der Waals surface area contributed by atoms with E-state index in [4.69, 9.17) is 0 Å². The Morgan fingerprint density at radius 2 is 2.31 bits per heavy atom. The summed E-state index contributed by atoms with van der Waals surface area (Å²) in [6, 6.07) is 6.20. The second-order valence-corrected chi connectivity index (χ2v) is 3.33. The van der Waals surface area contributed by atoms with Crippen LogP contribution in [0.1, 0.15) is 5.56 Å². The van der Waals surface area contributed by atoms with Crippen molar-refractivity contribution in [3.8, 4) is 0 Å². The first kappa shape index (κ1) is 11.9. The van der Waals surface area contributed by atoms with E-state index >= 15 is 0 Å². The van der Waals surface area contributed by atoms with Gasteiger partial charge in [0.15, 0.2) is 0 Å². The molecule has 1 amide bonds. The molecule has 0 aliphatic rings. The van der Waals surface area contributed by atoms with Crippen LogP contribution in [0.3, 0.4) is 0 Å². The lowest BCUT2D eigenvalue weighted by Gasteiger charge is -2.14.